The fourth-order valence-corrected chi connectivity index (χ4v) is 3.22. The Hall–Kier alpha value is -1.18. The third-order valence-electron chi connectivity index (χ3n) is 3.63. The normalized spacial score (nSPS) is 23.0. The fraction of sp³-hybridized carbons (Fsp3) is 0.533. The smallest absolute Gasteiger partial charge is 0.124 e. The number of aliphatic hydroxyl groups excluding tert-OH is 1. The Kier molecular flexibility index (Phi) is 4.73. The number of hydrogen-bond acceptors (Lipinski definition) is 4. The molecule has 102 valence electrons. The molecule has 1 aliphatic heterocycles. The summed E-state index contributed by atoms with van der Waals surface area (Å²) in [5, 5.41) is 20.1. The lowest BCUT2D eigenvalue weighted by Gasteiger charge is -2.36. The third kappa shape index (κ3) is 2.72. The summed E-state index contributed by atoms with van der Waals surface area (Å²) < 4.78 is 5.59. The van der Waals surface area contributed by atoms with Gasteiger partial charge in [-0.3, -0.25) is 0 Å². The molecule has 0 aliphatic carbocycles. The molecule has 0 saturated heterocycles. The van der Waals surface area contributed by atoms with Crippen LogP contribution in [0.4, 0.5) is 0 Å². The standard InChI is InChI=1S/C15H19NO2S/c1-2-19-10-7-14(17)15(11-16)8-9-18-13-6-4-3-5-12(13)15/h3-6,14,17H,2,7-10H2,1H3. The van der Waals surface area contributed by atoms with E-state index in [1.165, 1.54) is 0 Å². The highest BCUT2D eigenvalue weighted by Crippen LogP contribution is 2.41. The molecule has 0 saturated carbocycles. The molecule has 0 fully saturated rings. The number of nitriles is 1. The lowest BCUT2D eigenvalue weighted by atomic mass is 9.72. The van der Waals surface area contributed by atoms with E-state index in [4.69, 9.17) is 4.74 Å². The Morgan fingerprint density at radius 1 is 1.53 bits per heavy atom. The molecule has 3 nitrogen and oxygen atoms in total. The topological polar surface area (TPSA) is 53.2 Å². The maximum Gasteiger partial charge on any atom is 0.124 e. The third-order valence-corrected chi connectivity index (χ3v) is 4.56. The van der Waals surface area contributed by atoms with E-state index in [0.717, 1.165) is 22.8 Å². The van der Waals surface area contributed by atoms with Crippen molar-refractivity contribution >= 4 is 11.8 Å². The Morgan fingerprint density at radius 3 is 3.05 bits per heavy atom. The molecule has 19 heavy (non-hydrogen) atoms. The van der Waals surface area contributed by atoms with E-state index < -0.39 is 11.5 Å². The SMILES string of the molecule is CCSCCC(O)C1(C#N)CCOc2ccccc21. The molecule has 2 rings (SSSR count). The predicted molar refractivity (Wildman–Crippen MR) is 77.5 cm³/mol. The van der Waals surface area contributed by atoms with Gasteiger partial charge >= 0.3 is 0 Å². The summed E-state index contributed by atoms with van der Waals surface area (Å²) in [6, 6.07) is 9.92. The largest absolute Gasteiger partial charge is 0.493 e. The zero-order valence-corrected chi connectivity index (χ0v) is 11.9. The number of ether oxygens (including phenoxy) is 1. The highest BCUT2D eigenvalue weighted by Gasteiger charge is 2.43. The highest BCUT2D eigenvalue weighted by molar-refractivity contribution is 7.99. The molecular formula is C15H19NO2S. The Bertz CT molecular complexity index is 471. The average molecular weight is 277 g/mol. The van der Waals surface area contributed by atoms with Crippen LogP contribution in [-0.2, 0) is 5.41 Å². The maximum atomic E-state index is 10.5. The molecule has 0 radical (unpaired) electrons. The van der Waals surface area contributed by atoms with Gasteiger partial charge < -0.3 is 9.84 Å². The lowest BCUT2D eigenvalue weighted by Crippen LogP contribution is -2.42. The van der Waals surface area contributed by atoms with Crippen LogP contribution in [0.25, 0.3) is 0 Å². The summed E-state index contributed by atoms with van der Waals surface area (Å²) in [4.78, 5) is 0. The van der Waals surface area contributed by atoms with E-state index in [1.807, 2.05) is 24.3 Å². The van der Waals surface area contributed by atoms with Gasteiger partial charge in [0, 0.05) is 12.0 Å². The first kappa shape index (κ1) is 14.2. The Morgan fingerprint density at radius 2 is 2.32 bits per heavy atom. The van der Waals surface area contributed by atoms with Gasteiger partial charge in [-0.05, 0) is 24.0 Å². The molecule has 4 heteroatoms. The maximum absolute atomic E-state index is 10.5. The van der Waals surface area contributed by atoms with Gasteiger partial charge in [0.15, 0.2) is 0 Å². The van der Waals surface area contributed by atoms with Gasteiger partial charge in [-0.25, -0.2) is 0 Å². The van der Waals surface area contributed by atoms with Crippen LogP contribution in [0.1, 0.15) is 25.3 Å². The van der Waals surface area contributed by atoms with Crippen molar-refractivity contribution < 1.29 is 9.84 Å². The van der Waals surface area contributed by atoms with E-state index in [1.54, 1.807) is 11.8 Å². The monoisotopic (exact) mass is 277 g/mol. The van der Waals surface area contributed by atoms with Crippen LogP contribution < -0.4 is 4.74 Å². The van der Waals surface area contributed by atoms with Crippen LogP contribution in [0.15, 0.2) is 24.3 Å². The summed E-state index contributed by atoms with van der Waals surface area (Å²) in [5.41, 5.74) is 0.0149. The van der Waals surface area contributed by atoms with Gasteiger partial charge in [0.05, 0.1) is 18.8 Å². The molecule has 0 bridgehead atoms. The van der Waals surface area contributed by atoms with Gasteiger partial charge in [-0.15, -0.1) is 0 Å². The summed E-state index contributed by atoms with van der Waals surface area (Å²) in [5.74, 6) is 2.65. The van der Waals surface area contributed by atoms with Crippen LogP contribution in [0, 0.1) is 11.3 Å². The van der Waals surface area contributed by atoms with Crippen LogP contribution in [0.5, 0.6) is 5.75 Å². The average Bonchev–Trinajstić information content (AvgIpc) is 2.46. The van der Waals surface area contributed by atoms with Gasteiger partial charge in [0.1, 0.15) is 11.2 Å². The van der Waals surface area contributed by atoms with Crippen molar-refractivity contribution in [1.29, 1.82) is 5.26 Å². The minimum atomic E-state index is -0.816. The molecular weight excluding hydrogens is 258 g/mol. The minimum Gasteiger partial charge on any atom is -0.493 e. The molecule has 1 aliphatic rings. The predicted octanol–water partition coefficient (Wildman–Crippen LogP) is 2.73. The number of thioether (sulfide) groups is 1. The molecule has 0 spiro atoms. The summed E-state index contributed by atoms with van der Waals surface area (Å²) in [6.07, 6.45) is 0.556. The number of hydrogen-bond donors (Lipinski definition) is 1. The molecule has 2 unspecified atom stereocenters. The lowest BCUT2D eigenvalue weighted by molar-refractivity contribution is 0.0787. The number of fused-ring (bicyclic) bond motifs is 1. The van der Waals surface area contributed by atoms with E-state index in [0.29, 0.717) is 19.4 Å². The number of benzene rings is 1. The molecule has 2 atom stereocenters. The second-order valence-corrected chi connectivity index (χ2v) is 6.07. The van der Waals surface area contributed by atoms with Crippen molar-refractivity contribution in [3.63, 3.8) is 0 Å². The minimum absolute atomic E-state index is 0.489. The van der Waals surface area contributed by atoms with Gasteiger partial charge in [-0.1, -0.05) is 25.1 Å². The van der Waals surface area contributed by atoms with E-state index in [2.05, 4.69) is 13.0 Å². The van der Waals surface area contributed by atoms with Crippen molar-refractivity contribution in [2.45, 2.75) is 31.3 Å². The number of rotatable bonds is 5. The van der Waals surface area contributed by atoms with Crippen molar-refractivity contribution in [2.75, 3.05) is 18.1 Å². The van der Waals surface area contributed by atoms with Gasteiger partial charge in [0.2, 0.25) is 0 Å². The van der Waals surface area contributed by atoms with Gasteiger partial charge in [-0.2, -0.15) is 17.0 Å². The molecule has 1 aromatic rings. The second-order valence-electron chi connectivity index (χ2n) is 4.68. The van der Waals surface area contributed by atoms with Crippen molar-refractivity contribution in [3.8, 4) is 11.8 Å². The van der Waals surface area contributed by atoms with E-state index in [9.17, 15) is 10.4 Å². The van der Waals surface area contributed by atoms with Crippen molar-refractivity contribution in [2.24, 2.45) is 0 Å². The van der Waals surface area contributed by atoms with Crippen molar-refractivity contribution in [1.82, 2.24) is 0 Å². The molecule has 0 amide bonds. The molecule has 1 aromatic carbocycles. The van der Waals surface area contributed by atoms with E-state index >= 15 is 0 Å². The van der Waals surface area contributed by atoms with Crippen molar-refractivity contribution in [3.05, 3.63) is 29.8 Å². The summed E-state index contributed by atoms with van der Waals surface area (Å²) >= 11 is 1.79. The van der Waals surface area contributed by atoms with Crippen LogP contribution >= 0.6 is 11.8 Å². The van der Waals surface area contributed by atoms with Crippen LogP contribution in [0.2, 0.25) is 0 Å². The Labute approximate surface area is 118 Å². The highest BCUT2D eigenvalue weighted by atomic mass is 32.2. The molecule has 1 N–H and O–H groups in total. The number of aliphatic hydroxyl groups is 1. The van der Waals surface area contributed by atoms with Crippen LogP contribution in [-0.4, -0.2) is 29.3 Å². The zero-order valence-electron chi connectivity index (χ0n) is 11.1. The Balaban J connectivity index is 2.26. The number of nitrogens with zero attached hydrogens (tertiary/aromatic N) is 1. The van der Waals surface area contributed by atoms with Gasteiger partial charge in [0.25, 0.3) is 0 Å². The van der Waals surface area contributed by atoms with E-state index in [-0.39, 0.29) is 0 Å². The first-order valence-electron chi connectivity index (χ1n) is 6.64. The summed E-state index contributed by atoms with van der Waals surface area (Å²) in [7, 11) is 0. The summed E-state index contributed by atoms with van der Waals surface area (Å²) in [6.45, 7) is 2.59. The second kappa shape index (κ2) is 6.31. The van der Waals surface area contributed by atoms with Crippen LogP contribution in [0.3, 0.4) is 0 Å². The number of para-hydroxylation sites is 1. The molecule has 0 aromatic heterocycles. The quantitative estimate of drug-likeness (QED) is 0.841. The zero-order chi connectivity index (χ0) is 13.7. The molecule has 1 heterocycles. The first-order chi connectivity index (χ1) is 9.24. The fourth-order valence-electron chi connectivity index (χ4n) is 2.54. The first-order valence-corrected chi connectivity index (χ1v) is 7.79.